The van der Waals surface area contributed by atoms with Gasteiger partial charge in [-0.15, -0.1) is 0 Å². The van der Waals surface area contributed by atoms with Crippen molar-refractivity contribution in [3.05, 3.63) is 11.6 Å². The van der Waals surface area contributed by atoms with Gasteiger partial charge in [-0.3, -0.25) is 4.79 Å². The van der Waals surface area contributed by atoms with Crippen molar-refractivity contribution in [2.24, 2.45) is 5.92 Å². The fraction of sp³-hybridized carbons (Fsp3) is 0.667. The molecule has 0 aliphatic carbocycles. The molecule has 0 fully saturated rings. The Labute approximate surface area is 72.7 Å². The lowest BCUT2D eigenvalue weighted by Crippen LogP contribution is -2.24. The molecule has 0 rings (SSSR count). The van der Waals surface area contributed by atoms with Gasteiger partial charge in [-0.1, -0.05) is 11.6 Å². The Hall–Kier alpha value is -0.830. The minimum absolute atomic E-state index is 0.413. The first-order chi connectivity index (χ1) is 5.45. The van der Waals surface area contributed by atoms with E-state index in [1.807, 2.05) is 19.9 Å². The van der Waals surface area contributed by atoms with E-state index in [2.05, 4.69) is 0 Å². The summed E-state index contributed by atoms with van der Waals surface area (Å²) in [5.74, 6) is -1.65. The number of aliphatic hydroxyl groups excluding tert-OH is 1. The molecule has 0 saturated carbocycles. The Morgan fingerprint density at radius 1 is 1.50 bits per heavy atom. The average Bonchev–Trinajstić information content (AvgIpc) is 1.98. The second-order valence-corrected chi connectivity index (χ2v) is 3.21. The Balaban J connectivity index is 3.95. The summed E-state index contributed by atoms with van der Waals surface area (Å²) >= 11 is 0. The van der Waals surface area contributed by atoms with Crippen molar-refractivity contribution in [1.29, 1.82) is 0 Å². The fourth-order valence-corrected chi connectivity index (χ4v) is 0.725. The van der Waals surface area contributed by atoms with Crippen molar-refractivity contribution >= 4 is 5.97 Å². The van der Waals surface area contributed by atoms with Gasteiger partial charge in [-0.2, -0.15) is 0 Å². The van der Waals surface area contributed by atoms with E-state index in [9.17, 15) is 9.90 Å². The van der Waals surface area contributed by atoms with Crippen molar-refractivity contribution in [2.45, 2.75) is 33.3 Å². The normalized spacial score (nSPS) is 15.0. The summed E-state index contributed by atoms with van der Waals surface area (Å²) < 4.78 is 0. The highest BCUT2D eigenvalue weighted by atomic mass is 16.4. The second-order valence-electron chi connectivity index (χ2n) is 3.21. The Bertz CT molecular complexity index is 180. The molecular weight excluding hydrogens is 156 g/mol. The van der Waals surface area contributed by atoms with Crippen LogP contribution in [0.5, 0.6) is 0 Å². The van der Waals surface area contributed by atoms with E-state index in [1.165, 1.54) is 6.92 Å². The predicted octanol–water partition coefficient (Wildman–Crippen LogP) is 1.42. The van der Waals surface area contributed by atoms with Gasteiger partial charge in [-0.25, -0.2) is 0 Å². The van der Waals surface area contributed by atoms with Crippen molar-refractivity contribution in [3.8, 4) is 0 Å². The van der Waals surface area contributed by atoms with E-state index < -0.39 is 18.0 Å². The zero-order valence-electron chi connectivity index (χ0n) is 7.74. The van der Waals surface area contributed by atoms with Gasteiger partial charge in [0, 0.05) is 0 Å². The monoisotopic (exact) mass is 172 g/mol. The molecule has 0 aromatic rings. The minimum atomic E-state index is -0.954. The molecule has 0 spiro atoms. The molecule has 0 amide bonds. The molecule has 0 heterocycles. The maximum Gasteiger partial charge on any atom is 0.308 e. The van der Waals surface area contributed by atoms with Crippen LogP contribution < -0.4 is 0 Å². The Morgan fingerprint density at radius 2 is 2.00 bits per heavy atom. The number of rotatable bonds is 4. The number of aliphatic carboxylic acids is 1. The van der Waals surface area contributed by atoms with Crippen molar-refractivity contribution in [1.82, 2.24) is 0 Å². The van der Waals surface area contributed by atoms with Crippen molar-refractivity contribution in [3.63, 3.8) is 0 Å². The third-order valence-electron chi connectivity index (χ3n) is 1.73. The van der Waals surface area contributed by atoms with Crippen LogP contribution in [0.15, 0.2) is 11.6 Å². The number of carbonyl (C=O) groups is 1. The first kappa shape index (κ1) is 11.2. The van der Waals surface area contributed by atoms with Gasteiger partial charge in [-0.05, 0) is 27.2 Å². The largest absolute Gasteiger partial charge is 0.481 e. The van der Waals surface area contributed by atoms with E-state index in [0.29, 0.717) is 6.42 Å². The number of hydrogen-bond acceptors (Lipinski definition) is 2. The average molecular weight is 172 g/mol. The summed E-state index contributed by atoms with van der Waals surface area (Å²) in [6, 6.07) is 0. The first-order valence-corrected chi connectivity index (χ1v) is 3.99. The van der Waals surface area contributed by atoms with Gasteiger partial charge < -0.3 is 10.2 Å². The lowest BCUT2D eigenvalue weighted by molar-refractivity contribution is -0.144. The van der Waals surface area contributed by atoms with Crippen LogP contribution in [0.25, 0.3) is 0 Å². The lowest BCUT2D eigenvalue weighted by Gasteiger charge is -2.12. The smallest absolute Gasteiger partial charge is 0.308 e. The number of aliphatic hydroxyl groups is 1. The van der Waals surface area contributed by atoms with Gasteiger partial charge in [0.15, 0.2) is 0 Å². The van der Waals surface area contributed by atoms with Crippen LogP contribution in [0.4, 0.5) is 0 Å². The molecule has 2 N–H and O–H groups in total. The molecule has 1 unspecified atom stereocenters. The van der Waals surface area contributed by atoms with Gasteiger partial charge >= 0.3 is 5.97 Å². The van der Waals surface area contributed by atoms with Crippen molar-refractivity contribution < 1.29 is 15.0 Å². The molecule has 3 heteroatoms. The quantitative estimate of drug-likeness (QED) is 0.630. The van der Waals surface area contributed by atoms with E-state index in [-0.39, 0.29) is 0 Å². The van der Waals surface area contributed by atoms with Crippen LogP contribution in [0.2, 0.25) is 0 Å². The fourth-order valence-electron chi connectivity index (χ4n) is 0.725. The number of carboxylic acids is 1. The summed E-state index contributed by atoms with van der Waals surface area (Å²) in [4.78, 5) is 10.4. The molecule has 0 radical (unpaired) electrons. The van der Waals surface area contributed by atoms with Crippen molar-refractivity contribution in [2.75, 3.05) is 0 Å². The van der Waals surface area contributed by atoms with E-state index >= 15 is 0 Å². The van der Waals surface area contributed by atoms with E-state index in [0.717, 1.165) is 5.57 Å². The number of carboxylic acid groups (broad SMARTS) is 1. The SMILES string of the molecule is CC(C)=CC[C@@H](O)C(C)C(=O)O. The van der Waals surface area contributed by atoms with Gasteiger partial charge in [0.2, 0.25) is 0 Å². The summed E-state index contributed by atoms with van der Waals surface area (Å²) in [5.41, 5.74) is 1.09. The van der Waals surface area contributed by atoms with Crippen LogP contribution in [-0.2, 0) is 4.79 Å². The van der Waals surface area contributed by atoms with Crippen LogP contribution in [-0.4, -0.2) is 22.3 Å². The van der Waals surface area contributed by atoms with E-state index in [1.54, 1.807) is 0 Å². The molecule has 0 aliphatic rings. The molecule has 12 heavy (non-hydrogen) atoms. The maximum atomic E-state index is 10.4. The first-order valence-electron chi connectivity index (χ1n) is 3.99. The zero-order chi connectivity index (χ0) is 9.72. The van der Waals surface area contributed by atoms with Gasteiger partial charge in [0.05, 0.1) is 12.0 Å². The molecule has 2 atom stereocenters. The van der Waals surface area contributed by atoms with Gasteiger partial charge in [0.1, 0.15) is 0 Å². The third kappa shape index (κ3) is 4.13. The maximum absolute atomic E-state index is 10.4. The van der Waals surface area contributed by atoms with E-state index in [4.69, 9.17) is 5.11 Å². The molecule has 3 nitrogen and oxygen atoms in total. The highest BCUT2D eigenvalue weighted by molar-refractivity contribution is 5.70. The minimum Gasteiger partial charge on any atom is -0.481 e. The Kier molecular flexibility index (Phi) is 4.59. The highest BCUT2D eigenvalue weighted by Crippen LogP contribution is 2.08. The van der Waals surface area contributed by atoms with Crippen LogP contribution in [0.3, 0.4) is 0 Å². The topological polar surface area (TPSA) is 57.5 Å². The molecule has 0 aliphatic heterocycles. The lowest BCUT2D eigenvalue weighted by atomic mass is 10.0. The highest BCUT2D eigenvalue weighted by Gasteiger charge is 2.19. The molecular formula is C9H16O3. The van der Waals surface area contributed by atoms with Crippen LogP contribution in [0.1, 0.15) is 27.2 Å². The van der Waals surface area contributed by atoms with Crippen LogP contribution in [0, 0.1) is 5.92 Å². The number of allylic oxidation sites excluding steroid dienone is 1. The zero-order valence-corrected chi connectivity index (χ0v) is 7.74. The standard InChI is InChI=1S/C9H16O3/c1-6(2)4-5-8(10)7(3)9(11)12/h4,7-8,10H,5H2,1-3H3,(H,11,12)/t7?,8-/m1/s1. The summed E-state index contributed by atoms with van der Waals surface area (Å²) in [7, 11) is 0. The Morgan fingerprint density at radius 3 is 2.33 bits per heavy atom. The molecule has 0 saturated heterocycles. The summed E-state index contributed by atoms with van der Waals surface area (Å²) in [6.45, 7) is 5.34. The molecule has 0 bridgehead atoms. The molecule has 70 valence electrons. The second kappa shape index (κ2) is 4.93. The number of hydrogen-bond donors (Lipinski definition) is 2. The molecule has 0 aromatic carbocycles. The predicted molar refractivity (Wildman–Crippen MR) is 46.9 cm³/mol. The van der Waals surface area contributed by atoms with Crippen LogP contribution >= 0.6 is 0 Å². The summed E-state index contributed by atoms with van der Waals surface area (Å²) in [5, 5.41) is 17.8. The summed E-state index contributed by atoms with van der Waals surface area (Å²) in [6.07, 6.45) is 1.47. The molecule has 0 aromatic heterocycles. The van der Waals surface area contributed by atoms with Gasteiger partial charge in [0.25, 0.3) is 0 Å². The third-order valence-corrected chi connectivity index (χ3v) is 1.73.